The lowest BCUT2D eigenvalue weighted by molar-refractivity contribution is 0.668. The summed E-state index contributed by atoms with van der Waals surface area (Å²) in [5.41, 5.74) is 14.3. The van der Waals surface area contributed by atoms with Gasteiger partial charge in [-0.05, 0) is 65.2 Å². The first-order chi connectivity index (χ1) is 27.7. The van der Waals surface area contributed by atoms with E-state index in [1.165, 1.54) is 0 Å². The molecule has 262 valence electrons. The zero-order valence-electron chi connectivity index (χ0n) is 30.1. The number of furan rings is 2. The third-order valence-electron chi connectivity index (χ3n) is 10.6. The van der Waals surface area contributed by atoms with Gasteiger partial charge < -0.3 is 8.83 Å². The van der Waals surface area contributed by atoms with Gasteiger partial charge in [0.1, 0.15) is 22.3 Å². The second kappa shape index (κ2) is 13.0. The maximum atomic E-state index is 6.68. The highest BCUT2D eigenvalue weighted by molar-refractivity contribution is 6.17. The van der Waals surface area contributed by atoms with Crippen molar-refractivity contribution < 1.29 is 8.83 Å². The van der Waals surface area contributed by atoms with Crippen molar-refractivity contribution in [3.8, 4) is 67.4 Å². The minimum Gasteiger partial charge on any atom is -0.456 e. The number of pyridine rings is 1. The first-order valence-electron chi connectivity index (χ1n) is 18.7. The topological polar surface area (TPSA) is 65.0 Å². The first-order valence-corrected chi connectivity index (χ1v) is 18.7. The highest BCUT2D eigenvalue weighted by atomic mass is 16.3. The van der Waals surface area contributed by atoms with Crippen LogP contribution in [0.2, 0.25) is 0 Å². The molecule has 5 nitrogen and oxygen atoms in total. The normalized spacial score (nSPS) is 11.6. The summed E-state index contributed by atoms with van der Waals surface area (Å²) in [5, 5.41) is 4.36. The van der Waals surface area contributed by atoms with E-state index in [2.05, 4.69) is 114 Å². The molecule has 0 bridgehead atoms. The molecule has 4 aromatic heterocycles. The van der Waals surface area contributed by atoms with Crippen molar-refractivity contribution in [2.45, 2.75) is 0 Å². The Hall–Kier alpha value is -7.63. The molecule has 0 atom stereocenters. The van der Waals surface area contributed by atoms with E-state index in [0.717, 1.165) is 105 Å². The standard InChI is InChI=1S/C51H31N3O2/c1-2-12-34(13-3-1)51-53-44(31-45(54-51)39-15-5-4-14-38(39)43-18-10-11-29-52-43)33-23-21-32(22-24-33)36-26-27-37(50-49(36)41-17-7-9-20-47(41)56-50)35-25-28-48-42(30-35)40-16-6-8-19-46(40)55-48/h1-31H. The molecule has 0 radical (unpaired) electrons. The number of benzene rings is 7. The van der Waals surface area contributed by atoms with E-state index in [4.69, 9.17) is 18.8 Å². The van der Waals surface area contributed by atoms with Crippen LogP contribution in [0.3, 0.4) is 0 Å². The fourth-order valence-corrected chi connectivity index (χ4v) is 7.91. The molecule has 0 amide bonds. The monoisotopic (exact) mass is 717 g/mol. The molecule has 7 aromatic carbocycles. The summed E-state index contributed by atoms with van der Waals surface area (Å²) in [4.78, 5) is 14.9. The molecule has 0 saturated carbocycles. The molecular formula is C51H31N3O2. The van der Waals surface area contributed by atoms with E-state index < -0.39 is 0 Å². The number of nitrogens with zero attached hydrogens (tertiary/aromatic N) is 3. The molecule has 0 spiro atoms. The molecule has 0 saturated heterocycles. The molecule has 4 heterocycles. The van der Waals surface area contributed by atoms with E-state index in [-0.39, 0.29) is 0 Å². The zero-order chi connectivity index (χ0) is 37.0. The minimum atomic E-state index is 0.668. The summed E-state index contributed by atoms with van der Waals surface area (Å²) in [7, 11) is 0. The Morgan fingerprint density at radius 3 is 1.77 bits per heavy atom. The molecule has 56 heavy (non-hydrogen) atoms. The van der Waals surface area contributed by atoms with Crippen molar-refractivity contribution >= 4 is 43.9 Å². The maximum Gasteiger partial charge on any atom is 0.160 e. The lowest BCUT2D eigenvalue weighted by atomic mass is 9.93. The summed E-state index contributed by atoms with van der Waals surface area (Å²) in [6.45, 7) is 0. The molecule has 5 heteroatoms. The molecule has 11 aromatic rings. The molecule has 0 N–H and O–H groups in total. The van der Waals surface area contributed by atoms with Gasteiger partial charge in [-0.15, -0.1) is 0 Å². The number of para-hydroxylation sites is 2. The highest BCUT2D eigenvalue weighted by Gasteiger charge is 2.19. The molecule has 0 aliphatic rings. The molecule has 0 aliphatic carbocycles. The lowest BCUT2D eigenvalue weighted by Gasteiger charge is -2.13. The smallest absolute Gasteiger partial charge is 0.160 e. The van der Waals surface area contributed by atoms with E-state index in [9.17, 15) is 0 Å². The van der Waals surface area contributed by atoms with Crippen LogP contribution >= 0.6 is 0 Å². The van der Waals surface area contributed by atoms with Gasteiger partial charge in [0.2, 0.25) is 0 Å². The second-order valence-electron chi connectivity index (χ2n) is 13.9. The average molecular weight is 718 g/mol. The summed E-state index contributed by atoms with van der Waals surface area (Å²) >= 11 is 0. The van der Waals surface area contributed by atoms with Gasteiger partial charge in [-0.1, -0.05) is 133 Å². The zero-order valence-corrected chi connectivity index (χ0v) is 30.1. The number of fused-ring (bicyclic) bond motifs is 6. The predicted octanol–water partition coefficient (Wildman–Crippen LogP) is 13.7. The van der Waals surface area contributed by atoms with Gasteiger partial charge in [0.15, 0.2) is 5.82 Å². The number of aromatic nitrogens is 3. The number of hydrogen-bond acceptors (Lipinski definition) is 5. The van der Waals surface area contributed by atoms with Crippen molar-refractivity contribution in [3.05, 3.63) is 188 Å². The van der Waals surface area contributed by atoms with Crippen LogP contribution in [-0.4, -0.2) is 15.0 Å². The van der Waals surface area contributed by atoms with E-state index in [1.54, 1.807) is 0 Å². The van der Waals surface area contributed by atoms with E-state index in [1.807, 2.05) is 79.0 Å². The fraction of sp³-hybridized carbons (Fsp3) is 0. The van der Waals surface area contributed by atoms with Gasteiger partial charge in [-0.2, -0.15) is 0 Å². The first kappa shape index (κ1) is 31.9. The van der Waals surface area contributed by atoms with Crippen molar-refractivity contribution in [1.29, 1.82) is 0 Å². The Labute approximate surface area is 322 Å². The second-order valence-corrected chi connectivity index (χ2v) is 13.9. The highest BCUT2D eigenvalue weighted by Crippen LogP contribution is 2.43. The molecule has 0 aliphatic heterocycles. The van der Waals surface area contributed by atoms with Gasteiger partial charge in [0, 0.05) is 55.6 Å². The fourth-order valence-electron chi connectivity index (χ4n) is 7.91. The van der Waals surface area contributed by atoms with Gasteiger partial charge in [0.25, 0.3) is 0 Å². The Kier molecular flexibility index (Phi) is 7.42. The summed E-state index contributed by atoms with van der Waals surface area (Å²) in [6, 6.07) is 62.4. The van der Waals surface area contributed by atoms with E-state index in [0.29, 0.717) is 5.82 Å². The lowest BCUT2D eigenvalue weighted by Crippen LogP contribution is -1.97. The van der Waals surface area contributed by atoms with Crippen molar-refractivity contribution in [2.75, 3.05) is 0 Å². The Balaban J connectivity index is 1.04. The van der Waals surface area contributed by atoms with Gasteiger partial charge in [-0.3, -0.25) is 4.98 Å². The third-order valence-corrected chi connectivity index (χ3v) is 10.6. The van der Waals surface area contributed by atoms with Crippen LogP contribution in [0.5, 0.6) is 0 Å². The van der Waals surface area contributed by atoms with Gasteiger partial charge in [-0.25, -0.2) is 9.97 Å². The van der Waals surface area contributed by atoms with Crippen LogP contribution in [0.4, 0.5) is 0 Å². The van der Waals surface area contributed by atoms with Crippen molar-refractivity contribution in [2.24, 2.45) is 0 Å². The summed E-state index contributed by atoms with van der Waals surface area (Å²) < 4.78 is 12.8. The summed E-state index contributed by atoms with van der Waals surface area (Å²) in [5.74, 6) is 0.668. The van der Waals surface area contributed by atoms with Gasteiger partial charge >= 0.3 is 0 Å². The van der Waals surface area contributed by atoms with Crippen LogP contribution < -0.4 is 0 Å². The van der Waals surface area contributed by atoms with E-state index >= 15 is 0 Å². The Morgan fingerprint density at radius 1 is 0.339 bits per heavy atom. The predicted molar refractivity (Wildman–Crippen MR) is 227 cm³/mol. The average Bonchev–Trinajstić information content (AvgIpc) is 3.85. The third kappa shape index (κ3) is 5.37. The van der Waals surface area contributed by atoms with Crippen LogP contribution in [-0.2, 0) is 0 Å². The quantitative estimate of drug-likeness (QED) is 0.171. The van der Waals surface area contributed by atoms with Crippen molar-refractivity contribution in [1.82, 2.24) is 15.0 Å². The Bertz CT molecular complexity index is 3240. The maximum absolute atomic E-state index is 6.68. The van der Waals surface area contributed by atoms with Crippen molar-refractivity contribution in [3.63, 3.8) is 0 Å². The SMILES string of the molecule is c1ccc(-c2nc(-c3ccc(-c4ccc(-c5ccc6oc7ccccc7c6c5)c5oc6ccccc6c45)cc3)cc(-c3ccccc3-c3ccccn3)n2)cc1. The Morgan fingerprint density at radius 2 is 0.964 bits per heavy atom. The van der Waals surface area contributed by atoms with Crippen LogP contribution in [0.25, 0.3) is 111 Å². The molecule has 11 rings (SSSR count). The van der Waals surface area contributed by atoms with Gasteiger partial charge in [0.05, 0.1) is 17.1 Å². The van der Waals surface area contributed by atoms with Crippen LogP contribution in [0.1, 0.15) is 0 Å². The molecule has 0 unspecified atom stereocenters. The molecular weight excluding hydrogens is 687 g/mol. The summed E-state index contributed by atoms with van der Waals surface area (Å²) in [6.07, 6.45) is 1.82. The largest absolute Gasteiger partial charge is 0.456 e. The molecule has 0 fully saturated rings. The van der Waals surface area contributed by atoms with Crippen LogP contribution in [0.15, 0.2) is 197 Å². The number of rotatable bonds is 6. The number of hydrogen-bond donors (Lipinski definition) is 0. The minimum absolute atomic E-state index is 0.668. The van der Waals surface area contributed by atoms with Crippen LogP contribution in [0, 0.1) is 0 Å².